The summed E-state index contributed by atoms with van der Waals surface area (Å²) in [4.78, 5) is 11.1. The molecule has 0 N–H and O–H groups in total. The Bertz CT molecular complexity index is 189. The lowest BCUT2D eigenvalue weighted by molar-refractivity contribution is -0.120. The van der Waals surface area contributed by atoms with Crippen LogP contribution < -0.4 is 0 Å². The van der Waals surface area contributed by atoms with Gasteiger partial charge < -0.3 is 0 Å². The molecule has 1 rings (SSSR count). The minimum Gasteiger partial charge on any atom is -0.299 e. The van der Waals surface area contributed by atoms with Crippen molar-refractivity contribution >= 4 is 5.78 Å². The van der Waals surface area contributed by atoms with E-state index in [9.17, 15) is 4.79 Å². The molecular weight excluding hydrogens is 124 g/mol. The topological polar surface area (TPSA) is 17.1 Å². The molecule has 0 spiro atoms. The van der Waals surface area contributed by atoms with Crippen molar-refractivity contribution in [3.8, 4) is 0 Å². The fraction of sp³-hybridized carbons (Fsp3) is 0.444. The summed E-state index contributed by atoms with van der Waals surface area (Å²) in [6.45, 7) is 5.66. The first-order chi connectivity index (χ1) is 4.72. The number of rotatable bonds is 1. The van der Waals surface area contributed by atoms with E-state index in [1.807, 2.05) is 13.0 Å². The Morgan fingerprint density at radius 2 is 2.50 bits per heavy atom. The maximum Gasteiger partial charge on any atom is 0.144 e. The van der Waals surface area contributed by atoms with Gasteiger partial charge in [-0.15, -0.1) is 0 Å². The van der Waals surface area contributed by atoms with Crippen LogP contribution in [-0.4, -0.2) is 5.78 Å². The van der Waals surface area contributed by atoms with Gasteiger partial charge in [-0.3, -0.25) is 4.79 Å². The fourth-order valence-corrected chi connectivity index (χ4v) is 1.16. The molecule has 0 amide bonds. The van der Waals surface area contributed by atoms with E-state index in [0.29, 0.717) is 12.2 Å². The van der Waals surface area contributed by atoms with E-state index in [2.05, 4.69) is 12.7 Å². The molecule has 0 radical (unpaired) electrons. The number of ketones is 1. The molecule has 1 aliphatic carbocycles. The average Bonchev–Trinajstić information content (AvgIpc) is 1.88. The van der Waals surface area contributed by atoms with E-state index in [1.165, 1.54) is 0 Å². The smallest absolute Gasteiger partial charge is 0.144 e. The van der Waals surface area contributed by atoms with Gasteiger partial charge in [0.1, 0.15) is 5.78 Å². The van der Waals surface area contributed by atoms with Crippen LogP contribution in [0.3, 0.4) is 0 Å². The van der Waals surface area contributed by atoms with Gasteiger partial charge in [-0.25, -0.2) is 0 Å². The molecule has 10 heavy (non-hydrogen) atoms. The highest BCUT2D eigenvalue weighted by Crippen LogP contribution is 2.19. The Hall–Kier alpha value is -0.850. The van der Waals surface area contributed by atoms with E-state index in [-0.39, 0.29) is 5.92 Å². The summed E-state index contributed by atoms with van der Waals surface area (Å²) in [7, 11) is 0. The summed E-state index contributed by atoms with van der Waals surface area (Å²) in [5, 5.41) is 0. The number of allylic oxidation sites excluding steroid dienone is 3. The minimum absolute atomic E-state index is 0.00810. The number of carbonyl (C=O) groups is 1. The number of hydrogen-bond donors (Lipinski definition) is 0. The number of Topliss-reactive ketones (excluding diaryl/α,β-unsaturated/α-hetero) is 1. The van der Waals surface area contributed by atoms with Crippen molar-refractivity contribution in [2.75, 3.05) is 0 Å². The highest BCUT2D eigenvalue weighted by atomic mass is 16.1. The molecule has 0 heterocycles. The van der Waals surface area contributed by atoms with Crippen molar-refractivity contribution in [1.82, 2.24) is 0 Å². The predicted molar refractivity (Wildman–Crippen MR) is 41.7 cm³/mol. The fourth-order valence-electron chi connectivity index (χ4n) is 1.16. The van der Waals surface area contributed by atoms with Gasteiger partial charge in [0.15, 0.2) is 0 Å². The van der Waals surface area contributed by atoms with Crippen LogP contribution in [0.4, 0.5) is 0 Å². The van der Waals surface area contributed by atoms with Crippen LogP contribution in [0.2, 0.25) is 0 Å². The Morgan fingerprint density at radius 1 is 1.80 bits per heavy atom. The maximum atomic E-state index is 11.1. The monoisotopic (exact) mass is 136 g/mol. The van der Waals surface area contributed by atoms with Gasteiger partial charge in [-0.1, -0.05) is 24.3 Å². The first-order valence-electron chi connectivity index (χ1n) is 3.56. The largest absolute Gasteiger partial charge is 0.299 e. The molecule has 0 saturated carbocycles. The van der Waals surface area contributed by atoms with Crippen molar-refractivity contribution < 1.29 is 4.79 Å². The van der Waals surface area contributed by atoms with Crippen molar-refractivity contribution in [3.63, 3.8) is 0 Å². The highest BCUT2D eigenvalue weighted by Gasteiger charge is 2.17. The molecule has 0 aromatic rings. The van der Waals surface area contributed by atoms with E-state index in [0.717, 1.165) is 12.0 Å². The molecule has 0 bridgehead atoms. The summed E-state index contributed by atoms with van der Waals surface area (Å²) in [6, 6.07) is 0. The SMILES string of the molecule is C=C(C)C1C=CCCC1=O. The van der Waals surface area contributed by atoms with Crippen LogP contribution in [-0.2, 0) is 4.79 Å². The quantitative estimate of drug-likeness (QED) is 0.504. The third-order valence-corrected chi connectivity index (χ3v) is 1.76. The second-order valence-electron chi connectivity index (χ2n) is 2.76. The van der Waals surface area contributed by atoms with E-state index < -0.39 is 0 Å². The van der Waals surface area contributed by atoms with Gasteiger partial charge >= 0.3 is 0 Å². The molecule has 54 valence electrons. The normalized spacial score (nSPS) is 24.9. The van der Waals surface area contributed by atoms with Gasteiger partial charge in [-0.2, -0.15) is 0 Å². The second-order valence-corrected chi connectivity index (χ2v) is 2.76. The Balaban J connectivity index is 2.73. The van der Waals surface area contributed by atoms with Crippen LogP contribution >= 0.6 is 0 Å². The van der Waals surface area contributed by atoms with Crippen molar-refractivity contribution in [3.05, 3.63) is 24.3 Å². The highest BCUT2D eigenvalue weighted by molar-refractivity contribution is 5.86. The standard InChI is InChI=1S/C9H12O/c1-7(2)8-5-3-4-6-9(8)10/h3,5,8H,1,4,6H2,2H3. The van der Waals surface area contributed by atoms with Crippen LogP contribution in [0, 0.1) is 5.92 Å². The van der Waals surface area contributed by atoms with Crippen LogP contribution in [0.25, 0.3) is 0 Å². The van der Waals surface area contributed by atoms with Gasteiger partial charge in [-0.05, 0) is 13.3 Å². The molecule has 1 aliphatic rings. The molecule has 1 nitrogen and oxygen atoms in total. The molecule has 1 unspecified atom stereocenters. The van der Waals surface area contributed by atoms with Crippen molar-refractivity contribution in [1.29, 1.82) is 0 Å². The summed E-state index contributed by atoms with van der Waals surface area (Å²) in [5.74, 6) is 0.323. The van der Waals surface area contributed by atoms with Gasteiger partial charge in [0.05, 0.1) is 5.92 Å². The third kappa shape index (κ3) is 1.35. The lowest BCUT2D eigenvalue weighted by atomic mass is 9.89. The minimum atomic E-state index is 0.00810. The first kappa shape index (κ1) is 7.26. The lowest BCUT2D eigenvalue weighted by Crippen LogP contribution is -2.15. The summed E-state index contributed by atoms with van der Waals surface area (Å²) in [5.41, 5.74) is 0.959. The average molecular weight is 136 g/mol. The van der Waals surface area contributed by atoms with Crippen LogP contribution in [0.15, 0.2) is 24.3 Å². The zero-order chi connectivity index (χ0) is 7.56. The Morgan fingerprint density at radius 3 is 2.90 bits per heavy atom. The molecule has 0 aliphatic heterocycles. The summed E-state index contributed by atoms with van der Waals surface area (Å²) >= 11 is 0. The summed E-state index contributed by atoms with van der Waals surface area (Å²) < 4.78 is 0. The molecule has 0 aromatic heterocycles. The number of carbonyl (C=O) groups excluding carboxylic acids is 1. The molecule has 0 saturated heterocycles. The van der Waals surface area contributed by atoms with E-state index >= 15 is 0 Å². The first-order valence-corrected chi connectivity index (χ1v) is 3.56. The second kappa shape index (κ2) is 2.82. The summed E-state index contributed by atoms with van der Waals surface area (Å²) in [6.07, 6.45) is 5.60. The van der Waals surface area contributed by atoms with Gasteiger partial charge in [0.25, 0.3) is 0 Å². The van der Waals surface area contributed by atoms with E-state index in [4.69, 9.17) is 0 Å². The van der Waals surface area contributed by atoms with Gasteiger partial charge in [0, 0.05) is 6.42 Å². The molecule has 1 heteroatoms. The lowest BCUT2D eigenvalue weighted by Gasteiger charge is -2.14. The van der Waals surface area contributed by atoms with Crippen LogP contribution in [0.1, 0.15) is 19.8 Å². The van der Waals surface area contributed by atoms with Gasteiger partial charge in [0.2, 0.25) is 0 Å². The molecular formula is C9H12O. The molecule has 0 fully saturated rings. The van der Waals surface area contributed by atoms with Crippen molar-refractivity contribution in [2.45, 2.75) is 19.8 Å². The van der Waals surface area contributed by atoms with Crippen LogP contribution in [0.5, 0.6) is 0 Å². The molecule has 0 aromatic carbocycles. The van der Waals surface area contributed by atoms with E-state index in [1.54, 1.807) is 0 Å². The number of hydrogen-bond acceptors (Lipinski definition) is 1. The Labute approximate surface area is 61.4 Å². The third-order valence-electron chi connectivity index (χ3n) is 1.76. The van der Waals surface area contributed by atoms with Crippen molar-refractivity contribution in [2.24, 2.45) is 5.92 Å². The Kier molecular flexibility index (Phi) is 2.05. The predicted octanol–water partition coefficient (Wildman–Crippen LogP) is 2.10. The maximum absolute atomic E-state index is 11.1. The molecule has 1 atom stereocenters. The zero-order valence-electron chi connectivity index (χ0n) is 6.26. The zero-order valence-corrected chi connectivity index (χ0v) is 6.26.